The Morgan fingerprint density at radius 3 is 2.80 bits per heavy atom. The van der Waals surface area contributed by atoms with Crippen LogP contribution in [0.2, 0.25) is 10.3 Å². The highest BCUT2D eigenvalue weighted by Crippen LogP contribution is 2.16. The lowest BCUT2D eigenvalue weighted by atomic mass is 10.1. The van der Waals surface area contributed by atoms with Gasteiger partial charge in [0.2, 0.25) is 0 Å². The van der Waals surface area contributed by atoms with Gasteiger partial charge >= 0.3 is 0 Å². The van der Waals surface area contributed by atoms with E-state index in [0.29, 0.717) is 12.1 Å². The van der Waals surface area contributed by atoms with Gasteiger partial charge in [0.25, 0.3) is 5.91 Å². The Balaban J connectivity index is 2.09. The smallest absolute Gasteiger partial charge is 0.254 e. The SMILES string of the molecule is CCc1cccnc1CNC(=O)c1ccc(Cl)nc1Cl. The molecule has 0 fully saturated rings. The zero-order chi connectivity index (χ0) is 14.5. The maximum Gasteiger partial charge on any atom is 0.254 e. The van der Waals surface area contributed by atoms with Gasteiger partial charge in [0.15, 0.2) is 0 Å². The van der Waals surface area contributed by atoms with Crippen molar-refractivity contribution in [2.24, 2.45) is 0 Å². The van der Waals surface area contributed by atoms with E-state index in [9.17, 15) is 4.79 Å². The molecule has 104 valence electrons. The molecule has 0 bridgehead atoms. The lowest BCUT2D eigenvalue weighted by molar-refractivity contribution is 0.0950. The van der Waals surface area contributed by atoms with Gasteiger partial charge in [-0.15, -0.1) is 0 Å². The van der Waals surface area contributed by atoms with Crippen LogP contribution in [0, 0.1) is 0 Å². The Morgan fingerprint density at radius 2 is 2.10 bits per heavy atom. The Labute approximate surface area is 127 Å². The van der Waals surface area contributed by atoms with Crippen molar-refractivity contribution in [2.45, 2.75) is 19.9 Å². The average Bonchev–Trinajstić information content (AvgIpc) is 2.45. The minimum Gasteiger partial charge on any atom is -0.346 e. The summed E-state index contributed by atoms with van der Waals surface area (Å²) in [6.45, 7) is 2.39. The highest BCUT2D eigenvalue weighted by Gasteiger charge is 2.12. The zero-order valence-electron chi connectivity index (χ0n) is 10.9. The van der Waals surface area contributed by atoms with E-state index in [1.807, 2.05) is 19.1 Å². The van der Waals surface area contributed by atoms with Gasteiger partial charge in [0.05, 0.1) is 17.8 Å². The van der Waals surface area contributed by atoms with Crippen molar-refractivity contribution >= 4 is 29.1 Å². The van der Waals surface area contributed by atoms with Crippen molar-refractivity contribution < 1.29 is 4.79 Å². The van der Waals surface area contributed by atoms with Crippen LogP contribution >= 0.6 is 23.2 Å². The van der Waals surface area contributed by atoms with E-state index < -0.39 is 0 Å². The molecule has 1 amide bonds. The molecule has 0 atom stereocenters. The van der Waals surface area contributed by atoms with Gasteiger partial charge in [-0.3, -0.25) is 9.78 Å². The summed E-state index contributed by atoms with van der Waals surface area (Å²) in [5.41, 5.74) is 2.25. The molecule has 0 spiro atoms. The number of halogens is 2. The molecule has 2 heterocycles. The number of hydrogen-bond donors (Lipinski definition) is 1. The van der Waals surface area contributed by atoms with Crippen molar-refractivity contribution in [3.8, 4) is 0 Å². The Morgan fingerprint density at radius 1 is 1.30 bits per heavy atom. The summed E-state index contributed by atoms with van der Waals surface area (Å²) < 4.78 is 0. The maximum absolute atomic E-state index is 12.0. The second-order valence-corrected chi connectivity index (χ2v) is 4.86. The molecule has 0 saturated carbocycles. The average molecular weight is 310 g/mol. The zero-order valence-corrected chi connectivity index (χ0v) is 12.4. The normalized spacial score (nSPS) is 10.3. The molecule has 0 unspecified atom stereocenters. The van der Waals surface area contributed by atoms with Crippen LogP contribution < -0.4 is 5.32 Å². The van der Waals surface area contributed by atoms with E-state index in [4.69, 9.17) is 23.2 Å². The third kappa shape index (κ3) is 3.46. The van der Waals surface area contributed by atoms with Crippen LogP contribution in [-0.4, -0.2) is 15.9 Å². The highest BCUT2D eigenvalue weighted by atomic mass is 35.5. The molecular weight excluding hydrogens is 297 g/mol. The number of pyridine rings is 2. The van der Waals surface area contributed by atoms with Crippen LogP contribution in [0.3, 0.4) is 0 Å². The van der Waals surface area contributed by atoms with E-state index in [1.54, 1.807) is 12.3 Å². The van der Waals surface area contributed by atoms with Crippen molar-refractivity contribution in [3.05, 3.63) is 57.6 Å². The summed E-state index contributed by atoms with van der Waals surface area (Å²) in [4.78, 5) is 20.1. The number of hydrogen-bond acceptors (Lipinski definition) is 3. The lowest BCUT2D eigenvalue weighted by Crippen LogP contribution is -2.24. The van der Waals surface area contributed by atoms with E-state index in [0.717, 1.165) is 17.7 Å². The molecule has 0 saturated heterocycles. The lowest BCUT2D eigenvalue weighted by Gasteiger charge is -2.09. The number of nitrogens with zero attached hydrogens (tertiary/aromatic N) is 2. The summed E-state index contributed by atoms with van der Waals surface area (Å²) in [5, 5.41) is 3.13. The molecule has 1 N–H and O–H groups in total. The van der Waals surface area contributed by atoms with Crippen molar-refractivity contribution in [1.82, 2.24) is 15.3 Å². The van der Waals surface area contributed by atoms with Gasteiger partial charge in [-0.25, -0.2) is 4.98 Å². The Bertz CT molecular complexity index is 632. The number of carbonyl (C=O) groups is 1. The summed E-state index contributed by atoms with van der Waals surface area (Å²) >= 11 is 11.6. The van der Waals surface area contributed by atoms with Gasteiger partial charge < -0.3 is 5.32 Å². The molecule has 2 aromatic rings. The molecule has 20 heavy (non-hydrogen) atoms. The third-order valence-corrected chi connectivity index (χ3v) is 3.34. The summed E-state index contributed by atoms with van der Waals surface area (Å²) in [5.74, 6) is -0.299. The Kier molecular flexibility index (Phi) is 4.93. The number of rotatable bonds is 4. The number of carbonyl (C=O) groups excluding carboxylic acids is 1. The van der Waals surface area contributed by atoms with Gasteiger partial charge in [-0.1, -0.05) is 36.2 Å². The van der Waals surface area contributed by atoms with Crippen molar-refractivity contribution in [2.75, 3.05) is 0 Å². The summed E-state index contributed by atoms with van der Waals surface area (Å²) in [6, 6.07) is 6.95. The predicted octanol–water partition coefficient (Wildman–Crippen LogP) is 3.28. The number of aromatic nitrogens is 2. The van der Waals surface area contributed by atoms with E-state index in [1.165, 1.54) is 6.07 Å². The summed E-state index contributed by atoms with van der Waals surface area (Å²) in [6.07, 6.45) is 2.57. The van der Waals surface area contributed by atoms with Crippen LogP contribution in [-0.2, 0) is 13.0 Å². The quantitative estimate of drug-likeness (QED) is 0.882. The number of aryl methyl sites for hydroxylation is 1. The molecule has 0 aliphatic rings. The number of nitrogens with one attached hydrogen (secondary N) is 1. The number of amides is 1. The maximum atomic E-state index is 12.0. The molecule has 0 aliphatic heterocycles. The third-order valence-electron chi connectivity index (χ3n) is 2.84. The van der Waals surface area contributed by atoms with Crippen LogP contribution in [0.4, 0.5) is 0 Å². The van der Waals surface area contributed by atoms with Gasteiger partial charge in [0.1, 0.15) is 10.3 Å². The minimum absolute atomic E-state index is 0.0896. The fraction of sp³-hybridized carbons (Fsp3) is 0.214. The summed E-state index contributed by atoms with van der Waals surface area (Å²) in [7, 11) is 0. The van der Waals surface area contributed by atoms with Crippen LogP contribution in [0.1, 0.15) is 28.5 Å². The first-order valence-corrected chi connectivity index (χ1v) is 6.90. The fourth-order valence-electron chi connectivity index (χ4n) is 1.79. The van der Waals surface area contributed by atoms with Gasteiger partial charge in [0, 0.05) is 6.20 Å². The standard InChI is InChI=1S/C14H13Cl2N3O/c1-2-9-4-3-7-17-11(9)8-18-14(20)10-5-6-12(15)19-13(10)16/h3-7H,2,8H2,1H3,(H,18,20). The molecule has 6 heteroatoms. The monoisotopic (exact) mass is 309 g/mol. The Hall–Kier alpha value is -1.65. The largest absolute Gasteiger partial charge is 0.346 e. The highest BCUT2D eigenvalue weighted by molar-refractivity contribution is 6.34. The topological polar surface area (TPSA) is 54.9 Å². The van der Waals surface area contributed by atoms with Crippen LogP contribution in [0.15, 0.2) is 30.5 Å². The first-order chi connectivity index (χ1) is 9.61. The molecule has 2 rings (SSSR count). The first-order valence-electron chi connectivity index (χ1n) is 6.14. The first kappa shape index (κ1) is 14.8. The molecular formula is C14H13Cl2N3O. The van der Waals surface area contributed by atoms with Crippen molar-refractivity contribution in [1.29, 1.82) is 0 Å². The predicted molar refractivity (Wildman–Crippen MR) is 79.0 cm³/mol. The van der Waals surface area contributed by atoms with Gasteiger partial charge in [-0.05, 0) is 30.2 Å². The van der Waals surface area contributed by atoms with E-state index in [-0.39, 0.29) is 16.2 Å². The molecule has 4 nitrogen and oxygen atoms in total. The second kappa shape index (κ2) is 6.68. The molecule has 0 aromatic carbocycles. The van der Waals surface area contributed by atoms with E-state index >= 15 is 0 Å². The molecule has 2 aromatic heterocycles. The minimum atomic E-state index is -0.299. The van der Waals surface area contributed by atoms with Crippen molar-refractivity contribution in [3.63, 3.8) is 0 Å². The second-order valence-electron chi connectivity index (χ2n) is 4.12. The van der Waals surface area contributed by atoms with Gasteiger partial charge in [-0.2, -0.15) is 0 Å². The van der Waals surface area contributed by atoms with E-state index in [2.05, 4.69) is 15.3 Å². The van der Waals surface area contributed by atoms with Crippen LogP contribution in [0.25, 0.3) is 0 Å². The fourth-order valence-corrected chi connectivity index (χ4v) is 2.22. The molecule has 0 aliphatic carbocycles. The van der Waals surface area contributed by atoms with Crippen LogP contribution in [0.5, 0.6) is 0 Å². The molecule has 0 radical (unpaired) electrons.